The maximum absolute atomic E-state index is 11.0. The Bertz CT molecular complexity index is 518. The molecule has 1 aliphatic rings. The molecule has 0 fully saturated rings. The SMILES string of the molecule is O=C1C=CC(=Nc2ccc([O-])cc2)C(Cl)=C1.[Na+]. The number of rotatable bonds is 1. The van der Waals surface area contributed by atoms with Gasteiger partial charge in [0.05, 0.1) is 16.4 Å². The predicted molar refractivity (Wildman–Crippen MR) is 61.1 cm³/mol. The molecule has 0 saturated heterocycles. The molecule has 17 heavy (non-hydrogen) atoms. The van der Waals surface area contributed by atoms with Crippen LogP contribution >= 0.6 is 11.6 Å². The number of carbonyl (C=O) groups excluding carboxylic acids is 1. The van der Waals surface area contributed by atoms with Gasteiger partial charge in [0.2, 0.25) is 0 Å². The molecule has 0 amide bonds. The molecule has 0 radical (unpaired) electrons. The van der Waals surface area contributed by atoms with Crippen molar-refractivity contribution >= 4 is 28.8 Å². The molecule has 0 spiro atoms. The summed E-state index contributed by atoms with van der Waals surface area (Å²) in [7, 11) is 0. The summed E-state index contributed by atoms with van der Waals surface area (Å²) in [5.41, 5.74) is 1.14. The van der Waals surface area contributed by atoms with Crippen molar-refractivity contribution in [1.29, 1.82) is 0 Å². The van der Waals surface area contributed by atoms with E-state index in [9.17, 15) is 9.90 Å². The van der Waals surface area contributed by atoms with E-state index in [0.29, 0.717) is 16.4 Å². The van der Waals surface area contributed by atoms with E-state index in [1.165, 1.54) is 24.3 Å². The van der Waals surface area contributed by atoms with Crippen molar-refractivity contribution in [2.75, 3.05) is 0 Å². The van der Waals surface area contributed by atoms with E-state index in [4.69, 9.17) is 11.6 Å². The van der Waals surface area contributed by atoms with E-state index in [1.807, 2.05) is 0 Å². The van der Waals surface area contributed by atoms with Gasteiger partial charge < -0.3 is 5.11 Å². The molecule has 80 valence electrons. The molecule has 0 heterocycles. The summed E-state index contributed by atoms with van der Waals surface area (Å²) >= 11 is 5.86. The Hall–Kier alpha value is -0.870. The summed E-state index contributed by atoms with van der Waals surface area (Å²) in [5.74, 6) is -0.223. The van der Waals surface area contributed by atoms with Crippen molar-refractivity contribution in [2.45, 2.75) is 0 Å². The van der Waals surface area contributed by atoms with Crippen LogP contribution in [-0.2, 0) is 4.79 Å². The summed E-state index contributed by atoms with van der Waals surface area (Å²) in [6.45, 7) is 0. The van der Waals surface area contributed by atoms with Gasteiger partial charge in [-0.05, 0) is 24.3 Å². The molecule has 0 aromatic heterocycles. The van der Waals surface area contributed by atoms with Crippen LogP contribution in [0, 0.1) is 0 Å². The Morgan fingerprint density at radius 1 is 1.12 bits per heavy atom. The summed E-state index contributed by atoms with van der Waals surface area (Å²) in [4.78, 5) is 15.2. The molecule has 0 saturated carbocycles. The zero-order valence-corrected chi connectivity index (χ0v) is 11.9. The van der Waals surface area contributed by atoms with Crippen LogP contribution in [0.4, 0.5) is 5.69 Å². The van der Waals surface area contributed by atoms with Crippen LogP contribution in [-0.4, -0.2) is 11.5 Å². The van der Waals surface area contributed by atoms with Crippen LogP contribution in [0.1, 0.15) is 0 Å². The van der Waals surface area contributed by atoms with Gasteiger partial charge in [-0.25, -0.2) is 4.99 Å². The fourth-order valence-corrected chi connectivity index (χ4v) is 1.45. The van der Waals surface area contributed by atoms with Crippen LogP contribution in [0.3, 0.4) is 0 Å². The minimum Gasteiger partial charge on any atom is -0.872 e. The molecule has 1 aromatic rings. The fraction of sp³-hybridized carbons (Fsp3) is 0. The normalized spacial score (nSPS) is 16.6. The number of nitrogens with zero attached hydrogens (tertiary/aromatic N) is 1. The average Bonchev–Trinajstić information content (AvgIpc) is 2.25. The maximum atomic E-state index is 11.0. The van der Waals surface area contributed by atoms with Gasteiger partial charge >= 0.3 is 29.6 Å². The van der Waals surface area contributed by atoms with Gasteiger partial charge in [0.15, 0.2) is 5.78 Å². The second-order valence-corrected chi connectivity index (χ2v) is 3.63. The van der Waals surface area contributed by atoms with E-state index >= 15 is 0 Å². The third-order valence-electron chi connectivity index (χ3n) is 2.01. The minimum absolute atomic E-state index is 0. The maximum Gasteiger partial charge on any atom is 1.00 e. The van der Waals surface area contributed by atoms with Gasteiger partial charge in [0.1, 0.15) is 0 Å². The van der Waals surface area contributed by atoms with Crippen LogP contribution in [0.5, 0.6) is 5.75 Å². The largest absolute Gasteiger partial charge is 1.00 e. The quantitative estimate of drug-likeness (QED) is 0.482. The zero-order chi connectivity index (χ0) is 11.5. The number of hydrogen-bond acceptors (Lipinski definition) is 3. The molecule has 1 aromatic carbocycles. The summed E-state index contributed by atoms with van der Waals surface area (Å²) < 4.78 is 0. The van der Waals surface area contributed by atoms with E-state index in [0.717, 1.165) is 0 Å². The molecule has 0 aliphatic heterocycles. The number of aliphatic imine (C=N–C) groups is 1. The Morgan fingerprint density at radius 2 is 1.76 bits per heavy atom. The van der Waals surface area contributed by atoms with Gasteiger partial charge in [0, 0.05) is 6.08 Å². The standard InChI is InChI=1S/C12H8ClNO2.Na/c13-11-7-10(16)5-6-12(11)14-8-1-3-9(15)4-2-8;/h1-7,15H;/q;+1/p-1. The van der Waals surface area contributed by atoms with Gasteiger partial charge in [-0.1, -0.05) is 23.7 Å². The first-order valence-electron chi connectivity index (χ1n) is 4.60. The van der Waals surface area contributed by atoms with E-state index in [1.54, 1.807) is 18.2 Å². The molecule has 5 heteroatoms. The molecule has 0 N–H and O–H groups in total. The van der Waals surface area contributed by atoms with Crippen LogP contribution in [0.25, 0.3) is 0 Å². The molecule has 2 rings (SSSR count). The van der Waals surface area contributed by atoms with Gasteiger partial charge in [-0.3, -0.25) is 4.79 Å². The molecular formula is C12H7ClNNaO2. The second-order valence-electron chi connectivity index (χ2n) is 3.22. The predicted octanol–water partition coefficient (Wildman–Crippen LogP) is -0.902. The van der Waals surface area contributed by atoms with E-state index in [2.05, 4.69) is 4.99 Å². The van der Waals surface area contributed by atoms with Crippen molar-refractivity contribution in [3.63, 3.8) is 0 Å². The third kappa shape index (κ3) is 3.82. The molecule has 3 nitrogen and oxygen atoms in total. The molecule has 0 atom stereocenters. The van der Waals surface area contributed by atoms with Crippen LogP contribution < -0.4 is 34.7 Å². The summed E-state index contributed by atoms with van der Waals surface area (Å²) in [6.07, 6.45) is 4.25. The number of halogens is 1. The number of ketones is 1. The monoisotopic (exact) mass is 255 g/mol. The van der Waals surface area contributed by atoms with Crippen molar-refractivity contribution in [3.8, 4) is 5.75 Å². The first-order chi connectivity index (χ1) is 7.65. The summed E-state index contributed by atoms with van der Waals surface area (Å²) in [6, 6.07) is 6.05. The number of benzene rings is 1. The Morgan fingerprint density at radius 3 is 2.35 bits per heavy atom. The van der Waals surface area contributed by atoms with Crippen molar-refractivity contribution in [3.05, 3.63) is 47.5 Å². The topological polar surface area (TPSA) is 52.5 Å². The first kappa shape index (κ1) is 14.2. The Balaban J connectivity index is 0.00000144. The van der Waals surface area contributed by atoms with E-state index < -0.39 is 0 Å². The molecule has 0 unspecified atom stereocenters. The zero-order valence-electron chi connectivity index (χ0n) is 9.18. The second kappa shape index (κ2) is 6.17. The molecular weight excluding hydrogens is 249 g/mol. The number of hydrogen-bond donors (Lipinski definition) is 0. The summed E-state index contributed by atoms with van der Waals surface area (Å²) in [5, 5.41) is 11.2. The van der Waals surface area contributed by atoms with Crippen molar-refractivity contribution in [1.82, 2.24) is 0 Å². The first-order valence-corrected chi connectivity index (χ1v) is 4.98. The molecule has 1 aliphatic carbocycles. The van der Waals surface area contributed by atoms with Crippen LogP contribution in [0.15, 0.2) is 52.5 Å². The molecule has 0 bridgehead atoms. The van der Waals surface area contributed by atoms with Crippen LogP contribution in [0.2, 0.25) is 0 Å². The Kier molecular flexibility index (Phi) is 5.15. The Labute approximate surface area is 126 Å². The van der Waals surface area contributed by atoms with Gasteiger partial charge in [0.25, 0.3) is 0 Å². The number of carbonyl (C=O) groups is 1. The van der Waals surface area contributed by atoms with Crippen molar-refractivity contribution < 1.29 is 39.5 Å². The average molecular weight is 256 g/mol. The third-order valence-corrected chi connectivity index (χ3v) is 2.31. The van der Waals surface area contributed by atoms with Crippen molar-refractivity contribution in [2.24, 2.45) is 4.99 Å². The minimum atomic E-state index is -0.154. The number of allylic oxidation sites excluding steroid dienone is 4. The van der Waals surface area contributed by atoms with E-state index in [-0.39, 0.29) is 41.1 Å². The fourth-order valence-electron chi connectivity index (χ4n) is 1.24. The van der Waals surface area contributed by atoms with Gasteiger partial charge in [-0.15, -0.1) is 5.75 Å². The van der Waals surface area contributed by atoms with Gasteiger partial charge in [-0.2, -0.15) is 0 Å². The smallest absolute Gasteiger partial charge is 0.872 e.